The molecule has 0 radical (unpaired) electrons. The fourth-order valence-electron chi connectivity index (χ4n) is 1.69. The first-order valence-electron chi connectivity index (χ1n) is 6.19. The van der Waals surface area contributed by atoms with Crippen molar-refractivity contribution in [3.63, 3.8) is 0 Å². The molecule has 1 amide bonds. The van der Waals surface area contributed by atoms with E-state index in [-0.39, 0.29) is 12.0 Å². The first-order valence-corrected chi connectivity index (χ1v) is 8.08. The molecule has 0 aliphatic rings. The van der Waals surface area contributed by atoms with E-state index in [1.807, 2.05) is 0 Å². The summed E-state index contributed by atoms with van der Waals surface area (Å²) in [6.07, 6.45) is 0.833. The highest BCUT2D eigenvalue weighted by Gasteiger charge is 2.14. The molecule has 0 aliphatic carbocycles. The Morgan fingerprint density at radius 3 is 2.48 bits per heavy atom. The zero-order valence-electron chi connectivity index (χ0n) is 12.0. The van der Waals surface area contributed by atoms with Gasteiger partial charge in [0.2, 0.25) is 10.0 Å². The number of benzene rings is 1. The van der Waals surface area contributed by atoms with Crippen LogP contribution in [0.4, 0.5) is 5.69 Å². The molecular weight excluding hydrogens is 296 g/mol. The van der Waals surface area contributed by atoms with Crippen LogP contribution >= 0.6 is 0 Å². The molecule has 1 aromatic rings. The molecule has 7 nitrogen and oxygen atoms in total. The minimum atomic E-state index is -3.44. The minimum absolute atomic E-state index is 0.188. The van der Waals surface area contributed by atoms with Crippen molar-refractivity contribution in [1.29, 1.82) is 0 Å². The number of carbonyl (C=O) groups is 2. The Morgan fingerprint density at radius 1 is 1.33 bits per heavy atom. The molecule has 116 valence electrons. The number of aliphatic carboxylic acids is 1. The SMILES string of the molecule is Cc1ccc(C(=O)NC(C)CC(=O)O)cc1NS(C)(=O)=O. The molecule has 1 rings (SSSR count). The lowest BCUT2D eigenvalue weighted by molar-refractivity contribution is -0.137. The van der Waals surface area contributed by atoms with Gasteiger partial charge in [-0.05, 0) is 31.5 Å². The Bertz CT molecular complexity index is 655. The van der Waals surface area contributed by atoms with Gasteiger partial charge in [0.15, 0.2) is 0 Å². The zero-order chi connectivity index (χ0) is 16.2. The van der Waals surface area contributed by atoms with E-state index in [1.165, 1.54) is 6.07 Å². The molecule has 3 N–H and O–H groups in total. The smallest absolute Gasteiger partial charge is 0.305 e. The lowest BCUT2D eigenvalue weighted by atomic mass is 10.1. The van der Waals surface area contributed by atoms with E-state index in [4.69, 9.17) is 5.11 Å². The number of rotatable bonds is 6. The Morgan fingerprint density at radius 2 is 1.95 bits per heavy atom. The van der Waals surface area contributed by atoms with Crippen molar-refractivity contribution in [3.8, 4) is 0 Å². The minimum Gasteiger partial charge on any atom is -0.481 e. The standard InChI is InChI=1S/C13H18N2O5S/c1-8-4-5-10(7-11(8)15-21(3,19)20)13(18)14-9(2)6-12(16)17/h4-5,7,9,15H,6H2,1-3H3,(H,14,18)(H,16,17). The van der Waals surface area contributed by atoms with Gasteiger partial charge in [-0.15, -0.1) is 0 Å². The summed E-state index contributed by atoms with van der Waals surface area (Å²) in [5.74, 6) is -1.47. The number of carbonyl (C=O) groups excluding carboxylic acids is 1. The summed E-state index contributed by atoms with van der Waals surface area (Å²) in [5.41, 5.74) is 1.25. The first kappa shape index (κ1) is 17.0. The molecule has 1 aromatic carbocycles. The molecule has 0 bridgehead atoms. The van der Waals surface area contributed by atoms with Crippen LogP contribution in [-0.2, 0) is 14.8 Å². The highest BCUT2D eigenvalue weighted by molar-refractivity contribution is 7.92. The van der Waals surface area contributed by atoms with Gasteiger partial charge < -0.3 is 10.4 Å². The normalized spacial score (nSPS) is 12.5. The number of hydrogen-bond acceptors (Lipinski definition) is 4. The van der Waals surface area contributed by atoms with Crippen molar-refractivity contribution >= 4 is 27.6 Å². The van der Waals surface area contributed by atoms with Crippen molar-refractivity contribution in [2.75, 3.05) is 11.0 Å². The van der Waals surface area contributed by atoms with Crippen LogP contribution in [0.2, 0.25) is 0 Å². The number of anilines is 1. The molecular formula is C13H18N2O5S. The fraction of sp³-hybridized carbons (Fsp3) is 0.385. The summed E-state index contributed by atoms with van der Waals surface area (Å²) in [5, 5.41) is 11.2. The van der Waals surface area contributed by atoms with Gasteiger partial charge in [-0.2, -0.15) is 0 Å². The van der Waals surface area contributed by atoms with Gasteiger partial charge in [0.1, 0.15) is 0 Å². The Labute approximate surface area is 123 Å². The topological polar surface area (TPSA) is 113 Å². The average molecular weight is 314 g/mol. The molecule has 21 heavy (non-hydrogen) atoms. The van der Waals surface area contributed by atoms with E-state index >= 15 is 0 Å². The summed E-state index contributed by atoms with van der Waals surface area (Å²) in [7, 11) is -3.44. The molecule has 0 saturated heterocycles. The summed E-state index contributed by atoms with van der Waals surface area (Å²) in [4.78, 5) is 22.5. The van der Waals surface area contributed by atoms with Gasteiger partial charge in [-0.25, -0.2) is 8.42 Å². The third-order valence-corrected chi connectivity index (χ3v) is 3.24. The van der Waals surface area contributed by atoms with Gasteiger partial charge in [-0.1, -0.05) is 6.07 Å². The Hall–Kier alpha value is -2.09. The first-order chi connectivity index (χ1) is 9.58. The van der Waals surface area contributed by atoms with Gasteiger partial charge in [0.25, 0.3) is 5.91 Å². The van der Waals surface area contributed by atoms with Crippen molar-refractivity contribution in [2.45, 2.75) is 26.3 Å². The molecule has 0 aromatic heterocycles. The number of sulfonamides is 1. The molecule has 8 heteroatoms. The van der Waals surface area contributed by atoms with E-state index in [1.54, 1.807) is 26.0 Å². The third-order valence-electron chi connectivity index (χ3n) is 2.65. The highest BCUT2D eigenvalue weighted by atomic mass is 32.2. The van der Waals surface area contributed by atoms with Crippen molar-refractivity contribution in [2.24, 2.45) is 0 Å². The van der Waals surface area contributed by atoms with Crippen molar-refractivity contribution < 1.29 is 23.1 Å². The molecule has 0 aliphatic heterocycles. The quantitative estimate of drug-likeness (QED) is 0.724. The van der Waals surface area contributed by atoms with E-state index in [2.05, 4.69) is 10.0 Å². The predicted octanol–water partition coefficient (Wildman–Crippen LogP) is 0.960. The number of carboxylic acids is 1. The predicted molar refractivity (Wildman–Crippen MR) is 78.8 cm³/mol. The number of nitrogens with one attached hydrogen (secondary N) is 2. The van der Waals surface area contributed by atoms with Crippen LogP contribution in [-0.4, -0.2) is 37.7 Å². The van der Waals surface area contributed by atoms with Crippen molar-refractivity contribution in [3.05, 3.63) is 29.3 Å². The largest absolute Gasteiger partial charge is 0.481 e. The lowest BCUT2D eigenvalue weighted by Crippen LogP contribution is -2.34. The molecule has 0 fully saturated rings. The van der Waals surface area contributed by atoms with E-state index in [0.717, 1.165) is 6.26 Å². The molecule has 0 heterocycles. The number of hydrogen-bond donors (Lipinski definition) is 3. The summed E-state index contributed by atoms with van der Waals surface area (Å²) < 4.78 is 24.8. The maximum absolute atomic E-state index is 12.0. The van der Waals surface area contributed by atoms with Crippen LogP contribution in [0.5, 0.6) is 0 Å². The summed E-state index contributed by atoms with van der Waals surface area (Å²) >= 11 is 0. The Balaban J connectivity index is 2.91. The van der Waals surface area contributed by atoms with Crippen molar-refractivity contribution in [1.82, 2.24) is 5.32 Å². The monoisotopic (exact) mass is 314 g/mol. The van der Waals surface area contributed by atoms with Crippen LogP contribution in [0.25, 0.3) is 0 Å². The van der Waals surface area contributed by atoms with Crippen LogP contribution in [0.1, 0.15) is 29.3 Å². The zero-order valence-corrected chi connectivity index (χ0v) is 12.8. The summed E-state index contributed by atoms with van der Waals surface area (Å²) in [6.45, 7) is 3.29. The van der Waals surface area contributed by atoms with E-state index < -0.39 is 27.9 Å². The lowest BCUT2D eigenvalue weighted by Gasteiger charge is -2.13. The molecule has 1 atom stereocenters. The molecule has 1 unspecified atom stereocenters. The van der Waals surface area contributed by atoms with Gasteiger partial charge in [0, 0.05) is 11.6 Å². The second-order valence-corrected chi connectivity index (χ2v) is 6.62. The maximum Gasteiger partial charge on any atom is 0.305 e. The third kappa shape index (κ3) is 5.82. The number of carboxylic acid groups (broad SMARTS) is 1. The fourth-order valence-corrected chi connectivity index (χ4v) is 2.31. The van der Waals surface area contributed by atoms with Crippen LogP contribution in [0, 0.1) is 6.92 Å². The maximum atomic E-state index is 12.0. The molecule has 0 spiro atoms. The average Bonchev–Trinajstić information content (AvgIpc) is 2.28. The number of aryl methyl sites for hydroxylation is 1. The second-order valence-electron chi connectivity index (χ2n) is 4.88. The second kappa shape index (κ2) is 6.57. The van der Waals surface area contributed by atoms with Gasteiger partial charge >= 0.3 is 5.97 Å². The highest BCUT2D eigenvalue weighted by Crippen LogP contribution is 2.18. The molecule has 0 saturated carbocycles. The van der Waals surface area contributed by atoms with E-state index in [9.17, 15) is 18.0 Å². The van der Waals surface area contributed by atoms with E-state index in [0.29, 0.717) is 11.3 Å². The number of amides is 1. The van der Waals surface area contributed by atoms with Gasteiger partial charge in [-0.3, -0.25) is 14.3 Å². The Kier molecular flexibility index (Phi) is 5.31. The van der Waals surface area contributed by atoms with Crippen LogP contribution < -0.4 is 10.0 Å². The van der Waals surface area contributed by atoms with Crippen LogP contribution in [0.15, 0.2) is 18.2 Å². The summed E-state index contributed by atoms with van der Waals surface area (Å²) in [6, 6.07) is 4.05. The van der Waals surface area contributed by atoms with Crippen LogP contribution in [0.3, 0.4) is 0 Å². The van der Waals surface area contributed by atoms with Gasteiger partial charge in [0.05, 0.1) is 18.4 Å².